The highest BCUT2D eigenvalue weighted by atomic mass is 32.2. The molecule has 1 unspecified atom stereocenters. The largest absolute Gasteiger partial charge is 0.463 e. The van der Waals surface area contributed by atoms with Crippen molar-refractivity contribution in [3.63, 3.8) is 0 Å². The summed E-state index contributed by atoms with van der Waals surface area (Å²) in [4.78, 5) is 24.9. The van der Waals surface area contributed by atoms with Crippen LogP contribution in [0.3, 0.4) is 0 Å². The Hall–Kier alpha value is -2.59. The highest BCUT2D eigenvalue weighted by molar-refractivity contribution is 8.01. The molecule has 1 aromatic carbocycles. The van der Waals surface area contributed by atoms with Crippen molar-refractivity contribution in [3.8, 4) is 0 Å². The minimum absolute atomic E-state index is 0.240. The Kier molecular flexibility index (Phi) is 5.97. The monoisotopic (exact) mass is 405 g/mol. The summed E-state index contributed by atoms with van der Waals surface area (Å²) in [7, 11) is 0. The number of hydrogen-bond acceptors (Lipinski definition) is 8. The molecule has 0 bridgehead atoms. The fraction of sp³-hybridized carbons (Fsp3) is 0.294. The molecule has 142 valence electrons. The summed E-state index contributed by atoms with van der Waals surface area (Å²) >= 11 is 2.60. The van der Waals surface area contributed by atoms with Gasteiger partial charge < -0.3 is 21.1 Å². The van der Waals surface area contributed by atoms with Crippen molar-refractivity contribution < 1.29 is 14.3 Å². The van der Waals surface area contributed by atoms with Gasteiger partial charge in [0.25, 0.3) is 0 Å². The second-order valence-corrected chi connectivity index (χ2v) is 7.93. The zero-order valence-corrected chi connectivity index (χ0v) is 16.4. The van der Waals surface area contributed by atoms with Gasteiger partial charge in [0.05, 0.1) is 18.2 Å². The van der Waals surface area contributed by atoms with Crippen molar-refractivity contribution in [1.29, 1.82) is 0 Å². The van der Waals surface area contributed by atoms with E-state index in [1.807, 2.05) is 31.2 Å². The van der Waals surface area contributed by atoms with Gasteiger partial charge in [0, 0.05) is 11.4 Å². The summed E-state index contributed by atoms with van der Waals surface area (Å²) in [5.74, 6) is -0.135. The van der Waals surface area contributed by atoms with Gasteiger partial charge in [0.1, 0.15) is 0 Å². The minimum atomic E-state index is -0.589. The van der Waals surface area contributed by atoms with E-state index in [2.05, 4.69) is 20.8 Å². The SMILES string of the molecule is CCOC(=O)C1=C(CSc2nnc(N)s2)NC(=O)NC1c1ccccc1C. The van der Waals surface area contributed by atoms with Crippen molar-refractivity contribution in [3.05, 3.63) is 46.7 Å². The Balaban J connectivity index is 1.99. The number of nitrogens with two attached hydrogens (primary N) is 1. The number of amides is 2. The first-order valence-corrected chi connectivity index (χ1v) is 10.0. The number of aryl methyl sites for hydroxylation is 1. The van der Waals surface area contributed by atoms with Gasteiger partial charge in [-0.3, -0.25) is 0 Å². The third kappa shape index (κ3) is 4.40. The number of hydrogen-bond donors (Lipinski definition) is 3. The van der Waals surface area contributed by atoms with Crippen molar-refractivity contribution in [2.24, 2.45) is 0 Å². The van der Waals surface area contributed by atoms with Crippen molar-refractivity contribution in [2.45, 2.75) is 24.2 Å². The van der Waals surface area contributed by atoms with E-state index in [4.69, 9.17) is 10.5 Å². The number of aromatic nitrogens is 2. The molecule has 1 aliphatic heterocycles. The predicted octanol–water partition coefficient (Wildman–Crippen LogP) is 2.39. The number of urea groups is 1. The Morgan fingerprint density at radius 2 is 2.15 bits per heavy atom. The average molecular weight is 406 g/mol. The standard InChI is InChI=1S/C17H19N5O3S2/c1-3-25-14(23)12-11(8-26-17-22-21-15(18)27-17)19-16(24)20-13(12)10-7-5-4-6-9(10)2/h4-7,13H,3,8H2,1-2H3,(H2,18,21)(H2,19,20,24). The number of rotatable bonds is 6. The lowest BCUT2D eigenvalue weighted by Crippen LogP contribution is -2.46. The summed E-state index contributed by atoms with van der Waals surface area (Å²) < 4.78 is 5.91. The van der Waals surface area contributed by atoms with Crippen LogP contribution in [-0.2, 0) is 9.53 Å². The number of nitrogens with zero attached hydrogens (tertiary/aromatic N) is 2. The number of nitrogen functional groups attached to an aromatic ring is 1. The van der Waals surface area contributed by atoms with Crippen LogP contribution >= 0.6 is 23.1 Å². The molecule has 2 heterocycles. The number of ether oxygens (including phenoxy) is 1. The highest BCUT2D eigenvalue weighted by Gasteiger charge is 2.34. The van der Waals surface area contributed by atoms with Crippen LogP contribution in [0.4, 0.5) is 9.93 Å². The highest BCUT2D eigenvalue weighted by Crippen LogP contribution is 2.32. The molecular weight excluding hydrogens is 386 g/mol. The first-order valence-electron chi connectivity index (χ1n) is 8.24. The van der Waals surface area contributed by atoms with Gasteiger partial charge >= 0.3 is 12.0 Å². The molecule has 0 saturated heterocycles. The van der Waals surface area contributed by atoms with Crippen LogP contribution < -0.4 is 16.4 Å². The van der Waals surface area contributed by atoms with Gasteiger partial charge in [0.2, 0.25) is 5.13 Å². The second-order valence-electron chi connectivity index (χ2n) is 5.70. The number of carbonyl (C=O) groups excluding carboxylic acids is 2. The van der Waals surface area contributed by atoms with Crippen LogP contribution in [0.2, 0.25) is 0 Å². The molecule has 2 amide bonds. The summed E-state index contributed by atoms with van der Waals surface area (Å²) in [5.41, 5.74) is 8.29. The number of nitrogens with one attached hydrogen (secondary N) is 2. The van der Waals surface area contributed by atoms with Crippen LogP contribution in [0.1, 0.15) is 24.1 Å². The maximum absolute atomic E-state index is 12.7. The molecule has 4 N–H and O–H groups in total. The van der Waals surface area contributed by atoms with E-state index in [0.717, 1.165) is 11.1 Å². The number of benzene rings is 1. The van der Waals surface area contributed by atoms with E-state index >= 15 is 0 Å². The molecule has 0 radical (unpaired) electrons. The van der Waals surface area contributed by atoms with Gasteiger partial charge in [-0.15, -0.1) is 10.2 Å². The van der Waals surface area contributed by atoms with E-state index in [-0.39, 0.29) is 12.6 Å². The molecule has 1 aromatic heterocycles. The predicted molar refractivity (Wildman–Crippen MR) is 104 cm³/mol. The number of anilines is 1. The summed E-state index contributed by atoms with van der Waals surface area (Å²) in [6.45, 7) is 3.92. The van der Waals surface area contributed by atoms with Crippen LogP contribution in [0.15, 0.2) is 39.9 Å². The fourth-order valence-electron chi connectivity index (χ4n) is 2.74. The number of thioether (sulfide) groups is 1. The maximum Gasteiger partial charge on any atom is 0.338 e. The fourth-order valence-corrected chi connectivity index (χ4v) is 4.34. The molecule has 8 nitrogen and oxygen atoms in total. The lowest BCUT2D eigenvalue weighted by Gasteiger charge is -2.30. The zero-order chi connectivity index (χ0) is 19.4. The lowest BCUT2D eigenvalue weighted by molar-refractivity contribution is -0.139. The molecule has 0 spiro atoms. The van der Waals surface area contributed by atoms with Gasteiger partial charge in [-0.2, -0.15) is 0 Å². The summed E-state index contributed by atoms with van der Waals surface area (Å²) in [6.07, 6.45) is 0. The van der Waals surface area contributed by atoms with Gasteiger partial charge in [-0.1, -0.05) is 47.4 Å². The summed E-state index contributed by atoms with van der Waals surface area (Å²) in [5, 5.41) is 13.7. The minimum Gasteiger partial charge on any atom is -0.463 e. The quantitative estimate of drug-likeness (QED) is 0.499. The summed E-state index contributed by atoms with van der Waals surface area (Å²) in [6, 6.07) is 6.65. The Bertz CT molecular complexity index is 896. The Morgan fingerprint density at radius 3 is 2.81 bits per heavy atom. The van der Waals surface area contributed by atoms with E-state index in [0.29, 0.717) is 26.5 Å². The first kappa shape index (κ1) is 19.2. The van der Waals surface area contributed by atoms with Crippen LogP contribution in [0.5, 0.6) is 0 Å². The lowest BCUT2D eigenvalue weighted by atomic mass is 9.92. The van der Waals surface area contributed by atoms with Crippen molar-refractivity contribution in [2.75, 3.05) is 18.1 Å². The molecule has 0 aliphatic carbocycles. The van der Waals surface area contributed by atoms with Crippen LogP contribution in [-0.4, -0.2) is 34.6 Å². The van der Waals surface area contributed by atoms with Gasteiger partial charge in [0.15, 0.2) is 4.34 Å². The number of carbonyl (C=O) groups is 2. The third-order valence-corrected chi connectivity index (χ3v) is 5.82. The second kappa shape index (κ2) is 8.40. The Labute approximate surface area is 164 Å². The van der Waals surface area contributed by atoms with Gasteiger partial charge in [-0.25, -0.2) is 9.59 Å². The molecule has 2 aromatic rings. The average Bonchev–Trinajstić information content (AvgIpc) is 3.05. The van der Waals surface area contributed by atoms with Crippen molar-refractivity contribution >= 4 is 40.2 Å². The van der Waals surface area contributed by atoms with Crippen LogP contribution in [0.25, 0.3) is 0 Å². The zero-order valence-electron chi connectivity index (χ0n) is 14.8. The van der Waals surface area contributed by atoms with Gasteiger partial charge in [-0.05, 0) is 25.0 Å². The van der Waals surface area contributed by atoms with E-state index in [9.17, 15) is 9.59 Å². The van der Waals surface area contributed by atoms with Crippen LogP contribution in [0, 0.1) is 6.92 Å². The van der Waals surface area contributed by atoms with Crippen molar-refractivity contribution in [1.82, 2.24) is 20.8 Å². The molecule has 10 heteroatoms. The topological polar surface area (TPSA) is 119 Å². The molecule has 3 rings (SSSR count). The first-order chi connectivity index (χ1) is 13.0. The molecule has 0 saturated carbocycles. The smallest absolute Gasteiger partial charge is 0.338 e. The Morgan fingerprint density at radius 1 is 1.37 bits per heavy atom. The third-order valence-electron chi connectivity index (χ3n) is 3.91. The van der Waals surface area contributed by atoms with E-state index in [1.54, 1.807) is 6.92 Å². The van der Waals surface area contributed by atoms with E-state index < -0.39 is 12.0 Å². The molecule has 27 heavy (non-hydrogen) atoms. The number of esters is 1. The maximum atomic E-state index is 12.7. The molecule has 0 fully saturated rings. The molecular formula is C17H19N5O3S2. The van der Waals surface area contributed by atoms with E-state index in [1.165, 1.54) is 23.1 Å². The normalized spacial score (nSPS) is 16.7. The molecule has 1 atom stereocenters. The molecule has 1 aliphatic rings.